The van der Waals surface area contributed by atoms with Crippen LogP contribution in [0.5, 0.6) is 5.75 Å². The van der Waals surface area contributed by atoms with Crippen molar-refractivity contribution in [2.75, 3.05) is 50.8 Å². The number of nitrogens with zero attached hydrogens (tertiary/aromatic N) is 2. The zero-order valence-corrected chi connectivity index (χ0v) is 19.3. The van der Waals surface area contributed by atoms with Crippen molar-refractivity contribution in [1.29, 1.82) is 0 Å². The van der Waals surface area contributed by atoms with Crippen LogP contribution in [0.15, 0.2) is 48.5 Å². The van der Waals surface area contributed by atoms with E-state index in [4.69, 9.17) is 21.1 Å². The van der Waals surface area contributed by atoms with Crippen molar-refractivity contribution in [3.63, 3.8) is 0 Å². The third kappa shape index (κ3) is 7.89. The topological polar surface area (TPSA) is 62.2 Å². The highest BCUT2D eigenvalue weighted by Crippen LogP contribution is 2.19. The molecule has 1 fully saturated rings. The Morgan fingerprint density at radius 2 is 1.71 bits per heavy atom. The smallest absolute Gasteiger partial charge is 0.338 e. The Morgan fingerprint density at radius 3 is 2.32 bits per heavy atom. The molecule has 1 aliphatic heterocycles. The second-order valence-electron chi connectivity index (χ2n) is 7.30. The fraction of sp³-hybridized carbons (Fsp3) is 0.435. The van der Waals surface area contributed by atoms with Gasteiger partial charge < -0.3 is 19.5 Å². The maximum atomic E-state index is 11.7. The normalized spacial score (nSPS) is 15.1. The van der Waals surface area contributed by atoms with Crippen LogP contribution in [0.1, 0.15) is 23.7 Å². The number of benzene rings is 2. The second kappa shape index (κ2) is 12.8. The van der Waals surface area contributed by atoms with Crippen molar-refractivity contribution < 1.29 is 19.4 Å². The molecule has 3 rings (SSSR count). The predicted molar refractivity (Wildman–Crippen MR) is 126 cm³/mol. The molecule has 1 saturated heterocycles. The molecule has 0 radical (unpaired) electrons. The van der Waals surface area contributed by atoms with E-state index in [0.29, 0.717) is 24.3 Å². The number of hydrogen-bond donors (Lipinski definition) is 1. The molecule has 170 valence electrons. The highest BCUT2D eigenvalue weighted by atomic mass is 35.5. The van der Waals surface area contributed by atoms with Crippen LogP contribution in [0.3, 0.4) is 0 Å². The molecule has 0 aromatic heterocycles. The first kappa shape index (κ1) is 25.3. The van der Waals surface area contributed by atoms with E-state index in [9.17, 15) is 9.90 Å². The summed E-state index contributed by atoms with van der Waals surface area (Å²) in [7, 11) is 0. The van der Waals surface area contributed by atoms with Crippen molar-refractivity contribution in [2.24, 2.45) is 0 Å². The molecule has 1 aliphatic rings. The van der Waals surface area contributed by atoms with Crippen molar-refractivity contribution in [3.8, 4) is 5.75 Å². The average molecular weight is 469 g/mol. The Bertz CT molecular complexity index is 794. The first-order valence-electron chi connectivity index (χ1n) is 10.4. The number of halogens is 2. The van der Waals surface area contributed by atoms with E-state index in [1.165, 1.54) is 5.69 Å². The van der Waals surface area contributed by atoms with Crippen molar-refractivity contribution >= 4 is 35.7 Å². The van der Waals surface area contributed by atoms with E-state index in [0.717, 1.165) is 37.7 Å². The molecular weight excluding hydrogens is 439 g/mol. The maximum absolute atomic E-state index is 11.7. The van der Waals surface area contributed by atoms with E-state index in [2.05, 4.69) is 21.9 Å². The van der Waals surface area contributed by atoms with Crippen LogP contribution in [0.25, 0.3) is 0 Å². The van der Waals surface area contributed by atoms with E-state index in [1.54, 1.807) is 31.2 Å². The lowest BCUT2D eigenvalue weighted by Gasteiger charge is -2.36. The Kier molecular flexibility index (Phi) is 10.4. The summed E-state index contributed by atoms with van der Waals surface area (Å²) in [5.74, 6) is 0.277. The molecule has 0 saturated carbocycles. The lowest BCUT2D eigenvalue weighted by atomic mass is 10.2. The number of carbonyl (C=O) groups excluding carboxylic acids is 1. The van der Waals surface area contributed by atoms with Gasteiger partial charge in [0.15, 0.2) is 0 Å². The van der Waals surface area contributed by atoms with Crippen LogP contribution in [0.2, 0.25) is 5.02 Å². The molecule has 8 heteroatoms. The number of anilines is 1. The van der Waals surface area contributed by atoms with Gasteiger partial charge in [-0.1, -0.05) is 11.6 Å². The first-order chi connectivity index (χ1) is 14.5. The Hall–Kier alpha value is -1.99. The van der Waals surface area contributed by atoms with Gasteiger partial charge in [0, 0.05) is 43.4 Å². The molecular formula is C23H30Cl2N2O4. The first-order valence-corrected chi connectivity index (χ1v) is 10.7. The summed E-state index contributed by atoms with van der Waals surface area (Å²) in [6.07, 6.45) is 0.117. The largest absolute Gasteiger partial charge is 0.491 e. The molecule has 1 unspecified atom stereocenters. The van der Waals surface area contributed by atoms with Crippen molar-refractivity contribution in [1.82, 2.24) is 4.90 Å². The second-order valence-corrected chi connectivity index (χ2v) is 7.74. The number of esters is 1. The van der Waals surface area contributed by atoms with E-state index in [-0.39, 0.29) is 25.0 Å². The molecule has 2 aromatic rings. The van der Waals surface area contributed by atoms with E-state index >= 15 is 0 Å². The number of hydrogen-bond acceptors (Lipinski definition) is 6. The summed E-state index contributed by atoms with van der Waals surface area (Å²) >= 11 is 5.96. The number of aliphatic hydroxyl groups is 1. The van der Waals surface area contributed by atoms with Gasteiger partial charge in [-0.05, 0) is 61.9 Å². The number of aliphatic hydroxyl groups excluding tert-OH is 1. The summed E-state index contributed by atoms with van der Waals surface area (Å²) in [6, 6.07) is 14.7. The number of piperazine rings is 1. The van der Waals surface area contributed by atoms with Crippen LogP contribution in [0.4, 0.5) is 5.69 Å². The van der Waals surface area contributed by atoms with Crippen LogP contribution >= 0.6 is 24.0 Å². The Morgan fingerprint density at radius 1 is 1.06 bits per heavy atom. The summed E-state index contributed by atoms with van der Waals surface area (Å²) in [5, 5.41) is 11.0. The minimum atomic E-state index is -0.538. The zero-order valence-electron chi connectivity index (χ0n) is 17.7. The highest BCUT2D eigenvalue weighted by molar-refractivity contribution is 6.30. The van der Waals surface area contributed by atoms with Gasteiger partial charge in [-0.25, -0.2) is 4.79 Å². The molecule has 1 N–H and O–H groups in total. The van der Waals surface area contributed by atoms with Gasteiger partial charge >= 0.3 is 5.97 Å². The van der Waals surface area contributed by atoms with Gasteiger partial charge in [0.2, 0.25) is 0 Å². The number of ether oxygens (including phenoxy) is 2. The number of carbonyl (C=O) groups is 1. The van der Waals surface area contributed by atoms with E-state index < -0.39 is 6.10 Å². The van der Waals surface area contributed by atoms with Crippen LogP contribution in [-0.4, -0.2) is 68.0 Å². The molecule has 6 nitrogen and oxygen atoms in total. The van der Waals surface area contributed by atoms with Crippen molar-refractivity contribution in [2.45, 2.75) is 19.4 Å². The third-order valence-electron chi connectivity index (χ3n) is 5.15. The summed E-state index contributed by atoms with van der Waals surface area (Å²) in [5.41, 5.74) is 1.68. The molecule has 0 amide bonds. The predicted octanol–water partition coefficient (Wildman–Crippen LogP) is 3.89. The molecule has 1 atom stereocenters. The molecule has 2 aromatic carbocycles. The summed E-state index contributed by atoms with van der Waals surface area (Å²) in [4.78, 5) is 16.4. The third-order valence-corrected chi connectivity index (χ3v) is 5.40. The van der Waals surface area contributed by atoms with Crippen LogP contribution < -0.4 is 9.64 Å². The maximum Gasteiger partial charge on any atom is 0.338 e. The van der Waals surface area contributed by atoms with Gasteiger partial charge in [-0.3, -0.25) is 4.90 Å². The van der Waals surface area contributed by atoms with Crippen molar-refractivity contribution in [3.05, 3.63) is 59.1 Å². The molecule has 0 spiro atoms. The molecule has 0 aliphatic carbocycles. The fourth-order valence-electron chi connectivity index (χ4n) is 3.39. The Balaban J connectivity index is 0.00000341. The lowest BCUT2D eigenvalue weighted by Crippen LogP contribution is -2.47. The van der Waals surface area contributed by atoms with Gasteiger partial charge in [0.1, 0.15) is 12.4 Å². The molecule has 31 heavy (non-hydrogen) atoms. The van der Waals surface area contributed by atoms with Gasteiger partial charge in [0.25, 0.3) is 0 Å². The zero-order chi connectivity index (χ0) is 21.3. The minimum Gasteiger partial charge on any atom is -0.491 e. The monoisotopic (exact) mass is 468 g/mol. The SMILES string of the molecule is CCOC(=O)c1ccc(OCC(O)CCN2CCN(c3ccc(Cl)cc3)CC2)cc1.Cl. The van der Waals surface area contributed by atoms with Gasteiger partial charge in [0.05, 0.1) is 18.3 Å². The quantitative estimate of drug-likeness (QED) is 0.563. The van der Waals surface area contributed by atoms with E-state index in [1.807, 2.05) is 12.1 Å². The van der Waals surface area contributed by atoms with Gasteiger partial charge in [-0.15, -0.1) is 12.4 Å². The van der Waals surface area contributed by atoms with Crippen LogP contribution in [0, 0.1) is 0 Å². The lowest BCUT2D eigenvalue weighted by molar-refractivity contribution is 0.0526. The average Bonchev–Trinajstić information content (AvgIpc) is 2.78. The Labute approximate surface area is 195 Å². The molecule has 0 bridgehead atoms. The molecule has 1 heterocycles. The number of rotatable bonds is 9. The highest BCUT2D eigenvalue weighted by Gasteiger charge is 2.18. The van der Waals surface area contributed by atoms with Crippen LogP contribution in [-0.2, 0) is 4.74 Å². The standard InChI is InChI=1S/C23H29ClN2O4.ClH/c1-2-29-23(28)18-3-9-22(10-4-18)30-17-21(27)11-12-25-13-15-26(16-14-25)20-7-5-19(24)6-8-20;/h3-10,21,27H,2,11-17H2,1H3;1H. The summed E-state index contributed by atoms with van der Waals surface area (Å²) < 4.78 is 10.6. The fourth-order valence-corrected chi connectivity index (χ4v) is 3.52. The summed E-state index contributed by atoms with van der Waals surface area (Å²) in [6.45, 7) is 7.03. The van der Waals surface area contributed by atoms with Gasteiger partial charge in [-0.2, -0.15) is 0 Å². The minimum absolute atomic E-state index is 0.